The maximum atomic E-state index is 7.39. The molecule has 0 N–H and O–H groups in total. The number of benzene rings is 4. The molecule has 3 saturated heterocycles. The van der Waals surface area contributed by atoms with Gasteiger partial charge in [0.05, 0.1) is 51.8 Å². The van der Waals surface area contributed by atoms with Crippen molar-refractivity contribution in [2.24, 2.45) is 52.3 Å². The second-order valence-electron chi connectivity index (χ2n) is 23.0. The number of hydrogen-bond acceptors (Lipinski definition) is 8. The number of ether oxygens (including phenoxy) is 8. The zero-order valence-electron chi connectivity index (χ0n) is 41.7. The molecule has 370 valence electrons. The van der Waals surface area contributed by atoms with E-state index in [0.717, 1.165) is 65.9 Å². The third-order valence-corrected chi connectivity index (χ3v) is 19.1. The van der Waals surface area contributed by atoms with E-state index in [-0.39, 0.29) is 11.9 Å². The minimum atomic E-state index is -0.683. The highest BCUT2D eigenvalue weighted by Gasteiger charge is 2.69. The quantitative estimate of drug-likeness (QED) is 0.109. The van der Waals surface area contributed by atoms with E-state index >= 15 is 0 Å². The third-order valence-electron chi connectivity index (χ3n) is 19.1. The SMILES string of the molecule is C[C@@H]1CC[C@@]2(OC1)O[C@H]1C[C@H]3[C@@H]4CC[C@@H]5C[C@@H](O[C@H]6O[C@H](COCc7ccccc7)[C@@H](OCc7ccccc7)[C@H](OCc7ccccc7)[C@H]6OCc6ccccc6)CC[C@]5(C)[C@H]4CC[C@]3(C)[C@H]1[C@@H]2C. The Kier molecular flexibility index (Phi) is 14.3. The van der Waals surface area contributed by atoms with Crippen LogP contribution in [0.25, 0.3) is 0 Å². The van der Waals surface area contributed by atoms with Crippen molar-refractivity contribution in [2.45, 2.75) is 167 Å². The van der Waals surface area contributed by atoms with Crippen molar-refractivity contribution in [2.75, 3.05) is 13.2 Å². The number of rotatable bonds is 15. The van der Waals surface area contributed by atoms with Gasteiger partial charge in [-0.05, 0) is 126 Å². The molecule has 0 amide bonds. The Hall–Kier alpha value is -3.44. The van der Waals surface area contributed by atoms with E-state index in [9.17, 15) is 0 Å². The van der Waals surface area contributed by atoms with Gasteiger partial charge in [0.25, 0.3) is 0 Å². The zero-order valence-corrected chi connectivity index (χ0v) is 41.7. The Morgan fingerprint density at radius 1 is 0.565 bits per heavy atom. The topological polar surface area (TPSA) is 73.8 Å². The fraction of sp³-hybridized carbons (Fsp3) is 0.607. The van der Waals surface area contributed by atoms with Gasteiger partial charge in [-0.3, -0.25) is 0 Å². The van der Waals surface area contributed by atoms with Gasteiger partial charge < -0.3 is 37.9 Å². The largest absolute Gasteiger partial charge is 0.374 e. The Morgan fingerprint density at radius 2 is 1.14 bits per heavy atom. The van der Waals surface area contributed by atoms with Crippen molar-refractivity contribution in [3.05, 3.63) is 144 Å². The average molecular weight is 939 g/mol. The molecule has 4 saturated carbocycles. The molecule has 3 aliphatic heterocycles. The van der Waals surface area contributed by atoms with E-state index in [0.29, 0.717) is 73.6 Å². The zero-order chi connectivity index (χ0) is 47.0. The van der Waals surface area contributed by atoms with E-state index in [4.69, 9.17) is 37.9 Å². The molecule has 8 nitrogen and oxygen atoms in total. The molecule has 0 aromatic heterocycles. The van der Waals surface area contributed by atoms with Crippen LogP contribution in [0.2, 0.25) is 0 Å². The summed E-state index contributed by atoms with van der Waals surface area (Å²) in [7, 11) is 0. The van der Waals surface area contributed by atoms with E-state index in [1.165, 1.54) is 44.9 Å². The van der Waals surface area contributed by atoms with E-state index < -0.39 is 30.7 Å². The summed E-state index contributed by atoms with van der Waals surface area (Å²) < 4.78 is 56.0. The fourth-order valence-electron chi connectivity index (χ4n) is 15.4. The molecule has 1 spiro atoms. The lowest BCUT2D eigenvalue weighted by atomic mass is 9.44. The highest BCUT2D eigenvalue weighted by molar-refractivity contribution is 5.18. The molecule has 4 aliphatic carbocycles. The van der Waals surface area contributed by atoms with E-state index in [1.807, 2.05) is 24.3 Å². The predicted molar refractivity (Wildman–Crippen MR) is 266 cm³/mol. The molecule has 69 heavy (non-hydrogen) atoms. The van der Waals surface area contributed by atoms with Crippen LogP contribution in [0.15, 0.2) is 121 Å². The van der Waals surface area contributed by atoms with E-state index in [1.54, 1.807) is 0 Å². The summed E-state index contributed by atoms with van der Waals surface area (Å²) in [5.41, 5.74) is 4.99. The molecule has 4 aromatic carbocycles. The molecule has 11 rings (SSSR count). The molecular formula is C61H78O8. The molecule has 4 aromatic rings. The van der Waals surface area contributed by atoms with Crippen LogP contribution in [-0.2, 0) is 64.3 Å². The molecule has 7 fully saturated rings. The Bertz CT molecular complexity index is 2240. The maximum Gasteiger partial charge on any atom is 0.187 e. The number of fused-ring (bicyclic) bond motifs is 7. The lowest BCUT2D eigenvalue weighted by molar-refractivity contribution is -0.340. The summed E-state index contributed by atoms with van der Waals surface area (Å²) in [5.74, 6) is 4.14. The molecule has 8 heteroatoms. The van der Waals surface area contributed by atoms with Crippen LogP contribution >= 0.6 is 0 Å². The van der Waals surface area contributed by atoms with Crippen LogP contribution in [0.4, 0.5) is 0 Å². The van der Waals surface area contributed by atoms with Crippen molar-refractivity contribution in [1.82, 2.24) is 0 Å². The van der Waals surface area contributed by atoms with Crippen molar-refractivity contribution in [1.29, 1.82) is 0 Å². The monoisotopic (exact) mass is 939 g/mol. The number of hydrogen-bond donors (Lipinski definition) is 0. The lowest BCUT2D eigenvalue weighted by Gasteiger charge is -2.61. The molecule has 17 atom stereocenters. The minimum absolute atomic E-state index is 0.0400. The normalized spacial score (nSPS) is 40.4. The summed E-state index contributed by atoms with van der Waals surface area (Å²) in [6.07, 6.45) is 9.54. The first kappa shape index (κ1) is 47.9. The second-order valence-corrected chi connectivity index (χ2v) is 23.0. The summed E-state index contributed by atoms with van der Waals surface area (Å²) in [6.45, 7) is 12.9. The van der Waals surface area contributed by atoms with Crippen LogP contribution in [-0.4, -0.2) is 61.9 Å². The van der Waals surface area contributed by atoms with Gasteiger partial charge in [0.15, 0.2) is 12.1 Å². The summed E-state index contributed by atoms with van der Waals surface area (Å²) in [6, 6.07) is 41.5. The average Bonchev–Trinajstić information content (AvgIpc) is 3.83. The summed E-state index contributed by atoms with van der Waals surface area (Å²) in [5, 5.41) is 0. The van der Waals surface area contributed by atoms with Gasteiger partial charge in [-0.2, -0.15) is 0 Å². The van der Waals surface area contributed by atoms with Crippen molar-refractivity contribution >= 4 is 0 Å². The first-order chi connectivity index (χ1) is 33.7. The molecule has 7 aliphatic rings. The predicted octanol–water partition coefficient (Wildman–Crippen LogP) is 12.5. The van der Waals surface area contributed by atoms with Gasteiger partial charge in [0.2, 0.25) is 0 Å². The van der Waals surface area contributed by atoms with Crippen molar-refractivity contribution < 1.29 is 37.9 Å². The molecule has 0 bridgehead atoms. The standard InChI is InChI=1S/C61H78O8/c1-41-27-32-61(66-35-41)42(2)54-52(69-61)34-51-49-26-25-47-33-48(28-30-59(47,3)50(49)29-31-60(51,54)4)67-58-57(65-39-46-23-15-8-16-24-46)56(64-38-45-21-13-7-14-22-45)55(63-37-44-19-11-6-12-20-44)53(68-58)40-62-36-43-17-9-5-10-18-43/h5-24,41-42,47-58H,25-40H2,1-4H3/t41-,42+,47-,48+,49-,50+,51+,52+,53-,54+,55-,56+,57-,58+,59+,60+,61-/m1/s1. The molecule has 0 unspecified atom stereocenters. The van der Waals surface area contributed by atoms with Gasteiger partial charge in [-0.15, -0.1) is 0 Å². The lowest BCUT2D eigenvalue weighted by Crippen LogP contribution is -2.62. The highest BCUT2D eigenvalue weighted by atomic mass is 16.7. The van der Waals surface area contributed by atoms with Crippen LogP contribution in [0, 0.1) is 52.3 Å². The van der Waals surface area contributed by atoms with E-state index in [2.05, 4.69) is 125 Å². The van der Waals surface area contributed by atoms with Crippen LogP contribution in [0.5, 0.6) is 0 Å². The Labute approximate surface area is 412 Å². The van der Waals surface area contributed by atoms with Gasteiger partial charge in [0.1, 0.15) is 24.4 Å². The summed E-state index contributed by atoms with van der Waals surface area (Å²) >= 11 is 0. The molecular weight excluding hydrogens is 861 g/mol. The van der Waals surface area contributed by atoms with Gasteiger partial charge in [-0.25, -0.2) is 0 Å². The highest BCUT2D eigenvalue weighted by Crippen LogP contribution is 2.71. The maximum absolute atomic E-state index is 7.39. The Balaban J connectivity index is 0.834. The van der Waals surface area contributed by atoms with Crippen molar-refractivity contribution in [3.63, 3.8) is 0 Å². The Morgan fingerprint density at radius 3 is 1.75 bits per heavy atom. The van der Waals surface area contributed by atoms with Crippen LogP contribution in [0.3, 0.4) is 0 Å². The van der Waals surface area contributed by atoms with Gasteiger partial charge in [-0.1, -0.05) is 149 Å². The minimum Gasteiger partial charge on any atom is -0.374 e. The first-order valence-electron chi connectivity index (χ1n) is 26.9. The van der Waals surface area contributed by atoms with Crippen LogP contribution in [0.1, 0.15) is 114 Å². The van der Waals surface area contributed by atoms with Crippen molar-refractivity contribution in [3.8, 4) is 0 Å². The first-order valence-corrected chi connectivity index (χ1v) is 26.9. The smallest absolute Gasteiger partial charge is 0.187 e. The van der Waals surface area contributed by atoms with Crippen LogP contribution < -0.4 is 0 Å². The van der Waals surface area contributed by atoms with Gasteiger partial charge >= 0.3 is 0 Å². The summed E-state index contributed by atoms with van der Waals surface area (Å²) in [4.78, 5) is 0. The third kappa shape index (κ3) is 9.68. The molecule has 0 radical (unpaired) electrons. The second kappa shape index (κ2) is 20.6. The van der Waals surface area contributed by atoms with Gasteiger partial charge in [0, 0.05) is 12.3 Å². The molecule has 3 heterocycles. The fourth-order valence-corrected chi connectivity index (χ4v) is 15.4.